The molecule has 1 N–H and O–H groups in total. The molecule has 0 spiro atoms. The van der Waals surface area contributed by atoms with Gasteiger partial charge in [0.15, 0.2) is 0 Å². The van der Waals surface area contributed by atoms with Crippen molar-refractivity contribution in [1.82, 2.24) is 5.32 Å². The number of carbonyl (C=O) groups is 2. The second-order valence-electron chi connectivity index (χ2n) is 4.23. The maximum atomic E-state index is 12.0. The Bertz CT molecular complexity index is 450. The molecule has 0 heterocycles. The number of benzene rings is 1. The smallest absolute Gasteiger partial charge is 0.328 e. The number of thioether (sulfide) groups is 1. The number of hydrogen-bond acceptors (Lipinski definition) is 4. The molecule has 0 saturated heterocycles. The van der Waals surface area contributed by atoms with Gasteiger partial charge in [0.25, 0.3) is 0 Å². The van der Waals surface area contributed by atoms with Crippen molar-refractivity contribution in [3.63, 3.8) is 0 Å². The fourth-order valence-electron chi connectivity index (χ4n) is 1.66. The van der Waals surface area contributed by atoms with Crippen LogP contribution in [0.15, 0.2) is 28.7 Å². The molecule has 0 radical (unpaired) electrons. The van der Waals surface area contributed by atoms with Crippen molar-refractivity contribution < 1.29 is 14.3 Å². The Morgan fingerprint density at radius 2 is 2.00 bits per heavy atom. The number of nitrogens with one attached hydrogen (secondary N) is 1. The van der Waals surface area contributed by atoms with Gasteiger partial charge in [0.2, 0.25) is 5.91 Å². The summed E-state index contributed by atoms with van der Waals surface area (Å²) in [5.74, 6) is 0.213. The van der Waals surface area contributed by atoms with Gasteiger partial charge >= 0.3 is 5.97 Å². The van der Waals surface area contributed by atoms with E-state index in [0.717, 1.165) is 15.8 Å². The van der Waals surface area contributed by atoms with Gasteiger partial charge in [-0.15, -0.1) is 0 Å². The molecule has 20 heavy (non-hydrogen) atoms. The Morgan fingerprint density at radius 1 is 1.35 bits per heavy atom. The SMILES string of the molecule is COC(=O)[C@H](CCSC)NC(=O)Cc1ccc(Br)cc1. The minimum Gasteiger partial charge on any atom is -0.467 e. The van der Waals surface area contributed by atoms with Crippen LogP contribution in [0.3, 0.4) is 0 Å². The maximum absolute atomic E-state index is 12.0. The summed E-state index contributed by atoms with van der Waals surface area (Å²) in [6, 6.07) is 6.94. The minimum absolute atomic E-state index is 0.177. The summed E-state index contributed by atoms with van der Waals surface area (Å²) in [5.41, 5.74) is 0.902. The van der Waals surface area contributed by atoms with Crippen molar-refractivity contribution in [2.24, 2.45) is 0 Å². The van der Waals surface area contributed by atoms with Crippen LogP contribution in [0.4, 0.5) is 0 Å². The van der Waals surface area contributed by atoms with Gasteiger partial charge in [-0.05, 0) is 36.1 Å². The molecular formula is C14H18BrNO3S. The molecule has 4 nitrogen and oxygen atoms in total. The Balaban J connectivity index is 2.56. The van der Waals surface area contributed by atoms with Crippen molar-refractivity contribution in [2.75, 3.05) is 19.1 Å². The molecule has 1 aromatic carbocycles. The van der Waals surface area contributed by atoms with E-state index in [1.54, 1.807) is 11.8 Å². The van der Waals surface area contributed by atoms with Crippen molar-refractivity contribution >= 4 is 39.6 Å². The lowest BCUT2D eigenvalue weighted by Crippen LogP contribution is -2.42. The van der Waals surface area contributed by atoms with Gasteiger partial charge in [0.1, 0.15) is 6.04 Å². The van der Waals surface area contributed by atoms with Crippen LogP contribution in [0.5, 0.6) is 0 Å². The summed E-state index contributed by atoms with van der Waals surface area (Å²) in [4.78, 5) is 23.6. The number of esters is 1. The van der Waals surface area contributed by atoms with Crippen molar-refractivity contribution in [1.29, 1.82) is 0 Å². The lowest BCUT2D eigenvalue weighted by atomic mass is 10.1. The van der Waals surface area contributed by atoms with E-state index in [9.17, 15) is 9.59 Å². The number of methoxy groups -OCH3 is 1. The van der Waals surface area contributed by atoms with E-state index in [2.05, 4.69) is 21.2 Å². The maximum Gasteiger partial charge on any atom is 0.328 e. The minimum atomic E-state index is -0.574. The Hall–Kier alpha value is -1.01. The number of halogens is 1. The first-order chi connectivity index (χ1) is 9.56. The molecule has 0 unspecified atom stereocenters. The van der Waals surface area contributed by atoms with E-state index >= 15 is 0 Å². The second-order valence-corrected chi connectivity index (χ2v) is 6.13. The molecular weight excluding hydrogens is 342 g/mol. The van der Waals surface area contributed by atoms with Crippen LogP contribution < -0.4 is 5.32 Å². The Morgan fingerprint density at radius 3 is 2.55 bits per heavy atom. The van der Waals surface area contributed by atoms with Crippen molar-refractivity contribution in [3.8, 4) is 0 Å². The molecule has 1 amide bonds. The van der Waals surface area contributed by atoms with Gasteiger partial charge < -0.3 is 10.1 Å². The van der Waals surface area contributed by atoms with E-state index in [4.69, 9.17) is 4.74 Å². The van der Waals surface area contributed by atoms with Crippen LogP contribution in [-0.4, -0.2) is 37.0 Å². The summed E-state index contributed by atoms with van der Waals surface area (Å²) in [6.45, 7) is 0. The molecule has 0 aromatic heterocycles. The monoisotopic (exact) mass is 359 g/mol. The van der Waals surface area contributed by atoms with Crippen LogP contribution in [-0.2, 0) is 20.7 Å². The van der Waals surface area contributed by atoms with E-state index in [0.29, 0.717) is 6.42 Å². The summed E-state index contributed by atoms with van der Waals surface area (Å²) in [7, 11) is 1.33. The van der Waals surface area contributed by atoms with Crippen LogP contribution in [0, 0.1) is 0 Å². The number of hydrogen-bond donors (Lipinski definition) is 1. The lowest BCUT2D eigenvalue weighted by molar-refractivity contribution is -0.145. The molecule has 0 fully saturated rings. The van der Waals surface area contributed by atoms with Crippen LogP contribution >= 0.6 is 27.7 Å². The zero-order chi connectivity index (χ0) is 15.0. The third-order valence-electron chi connectivity index (χ3n) is 2.71. The number of carbonyl (C=O) groups excluding carboxylic acids is 2. The summed E-state index contributed by atoms with van der Waals surface area (Å²) >= 11 is 4.97. The normalized spacial score (nSPS) is 11.8. The van der Waals surface area contributed by atoms with Gasteiger partial charge in [-0.25, -0.2) is 4.79 Å². The average molecular weight is 360 g/mol. The number of rotatable bonds is 7. The molecule has 1 aromatic rings. The lowest BCUT2D eigenvalue weighted by Gasteiger charge is -2.16. The fraction of sp³-hybridized carbons (Fsp3) is 0.429. The van der Waals surface area contributed by atoms with Gasteiger partial charge in [-0.3, -0.25) is 4.79 Å². The first kappa shape index (κ1) is 17.0. The highest BCUT2D eigenvalue weighted by molar-refractivity contribution is 9.10. The van der Waals surface area contributed by atoms with Gasteiger partial charge in [0.05, 0.1) is 13.5 Å². The highest BCUT2D eigenvalue weighted by Crippen LogP contribution is 2.11. The molecule has 110 valence electrons. The van der Waals surface area contributed by atoms with Crippen molar-refractivity contribution in [3.05, 3.63) is 34.3 Å². The zero-order valence-corrected chi connectivity index (χ0v) is 13.9. The van der Waals surface area contributed by atoms with Crippen molar-refractivity contribution in [2.45, 2.75) is 18.9 Å². The standard InChI is InChI=1S/C14H18BrNO3S/c1-19-14(18)12(7-8-20-2)16-13(17)9-10-3-5-11(15)6-4-10/h3-6,12H,7-9H2,1-2H3,(H,16,17)/t12-/m0/s1. The zero-order valence-electron chi connectivity index (χ0n) is 11.5. The molecule has 6 heteroatoms. The predicted molar refractivity (Wildman–Crippen MR) is 84.8 cm³/mol. The second kappa shape index (κ2) is 9.02. The molecule has 0 bridgehead atoms. The van der Waals surface area contributed by atoms with Crippen LogP contribution in [0.2, 0.25) is 0 Å². The average Bonchev–Trinajstić information content (AvgIpc) is 2.45. The van der Waals surface area contributed by atoms with Gasteiger partial charge in [-0.1, -0.05) is 28.1 Å². The molecule has 0 saturated carbocycles. The molecule has 0 aliphatic rings. The Kier molecular flexibility index (Phi) is 7.69. The van der Waals surface area contributed by atoms with Gasteiger partial charge in [-0.2, -0.15) is 11.8 Å². The highest BCUT2D eigenvalue weighted by atomic mass is 79.9. The van der Waals surface area contributed by atoms with E-state index in [-0.39, 0.29) is 12.3 Å². The summed E-state index contributed by atoms with van der Waals surface area (Å²) < 4.78 is 5.67. The van der Waals surface area contributed by atoms with Crippen LogP contribution in [0.1, 0.15) is 12.0 Å². The first-order valence-electron chi connectivity index (χ1n) is 6.17. The van der Waals surface area contributed by atoms with Crippen LogP contribution in [0.25, 0.3) is 0 Å². The number of amides is 1. The van der Waals surface area contributed by atoms with E-state index in [1.165, 1.54) is 7.11 Å². The first-order valence-corrected chi connectivity index (χ1v) is 8.36. The summed E-state index contributed by atoms with van der Waals surface area (Å²) in [6.07, 6.45) is 2.78. The van der Waals surface area contributed by atoms with E-state index < -0.39 is 12.0 Å². The topological polar surface area (TPSA) is 55.4 Å². The van der Waals surface area contributed by atoms with Gasteiger partial charge in [0, 0.05) is 4.47 Å². The quantitative estimate of drug-likeness (QED) is 0.759. The fourth-order valence-corrected chi connectivity index (χ4v) is 2.40. The summed E-state index contributed by atoms with van der Waals surface area (Å²) in [5, 5.41) is 2.73. The van der Waals surface area contributed by atoms with E-state index in [1.807, 2.05) is 30.5 Å². The Labute approximate surface area is 131 Å². The predicted octanol–water partition coefficient (Wildman–Crippen LogP) is 2.40. The molecule has 0 aliphatic heterocycles. The molecule has 1 rings (SSSR count). The third kappa shape index (κ3) is 5.96. The molecule has 1 atom stereocenters. The highest BCUT2D eigenvalue weighted by Gasteiger charge is 2.20. The molecule has 0 aliphatic carbocycles. The number of ether oxygens (including phenoxy) is 1. The third-order valence-corrected chi connectivity index (χ3v) is 3.88. The largest absolute Gasteiger partial charge is 0.467 e.